The Kier molecular flexibility index (Phi) is 6.33. The number of carbonyl (C=O) groups is 1. The van der Waals surface area contributed by atoms with Crippen LogP contribution in [-0.4, -0.2) is 29.1 Å². The molecule has 0 unspecified atom stereocenters. The second-order valence-corrected chi connectivity index (χ2v) is 3.46. The number of hydrogen-bond donors (Lipinski definition) is 2. The molecule has 0 spiro atoms. The van der Waals surface area contributed by atoms with Gasteiger partial charge in [-0.2, -0.15) is 0 Å². The molecule has 2 N–H and O–H groups in total. The van der Waals surface area contributed by atoms with Gasteiger partial charge in [-0.3, -0.25) is 9.78 Å². The molecule has 16 heavy (non-hydrogen) atoms. The first-order valence-electron chi connectivity index (χ1n) is 4.63. The van der Waals surface area contributed by atoms with Crippen molar-refractivity contribution in [3.8, 4) is 0 Å². The van der Waals surface area contributed by atoms with Gasteiger partial charge in [-0.05, 0) is 12.1 Å². The van der Waals surface area contributed by atoms with Crippen molar-refractivity contribution in [3.63, 3.8) is 0 Å². The third-order valence-electron chi connectivity index (χ3n) is 2.60. The molecule has 2 heterocycles. The fourth-order valence-corrected chi connectivity index (χ4v) is 1.84. The largest absolute Gasteiger partial charge is 0.481 e. The Bertz CT molecular complexity index is 335. The van der Waals surface area contributed by atoms with Crippen molar-refractivity contribution in [2.45, 2.75) is 5.92 Å². The minimum absolute atomic E-state index is 0. The third kappa shape index (κ3) is 3.07. The molecule has 6 heteroatoms. The quantitative estimate of drug-likeness (QED) is 0.846. The van der Waals surface area contributed by atoms with Gasteiger partial charge in [0, 0.05) is 30.9 Å². The van der Waals surface area contributed by atoms with Crippen LogP contribution in [0.4, 0.5) is 0 Å². The highest BCUT2D eigenvalue weighted by Gasteiger charge is 2.34. The maximum Gasteiger partial charge on any atom is 0.308 e. The Labute approximate surface area is 106 Å². The second kappa shape index (κ2) is 6.68. The first-order chi connectivity index (χ1) is 6.79. The standard InChI is InChI=1S/C10H12N2O2.2ClH/c13-10(14)8-6-11-5-7(8)9-3-1-2-4-12-9;;/h1-4,7-8,11H,5-6H2,(H,13,14);2*1H/t7-,8-;;/m1../s1. The normalized spacial score (nSPS) is 23.0. The van der Waals surface area contributed by atoms with Crippen molar-refractivity contribution in [2.75, 3.05) is 13.1 Å². The molecule has 1 fully saturated rings. The summed E-state index contributed by atoms with van der Waals surface area (Å²) in [7, 11) is 0. The van der Waals surface area contributed by atoms with E-state index in [0.717, 1.165) is 5.69 Å². The molecule has 1 aromatic rings. The zero-order valence-electron chi connectivity index (χ0n) is 8.50. The van der Waals surface area contributed by atoms with Crippen LogP contribution >= 0.6 is 24.8 Å². The Balaban J connectivity index is 0.00000112. The predicted molar refractivity (Wildman–Crippen MR) is 65.5 cm³/mol. The van der Waals surface area contributed by atoms with Crippen LogP contribution in [0.15, 0.2) is 24.4 Å². The van der Waals surface area contributed by atoms with E-state index < -0.39 is 5.97 Å². The number of halogens is 2. The topological polar surface area (TPSA) is 62.2 Å². The first-order valence-corrected chi connectivity index (χ1v) is 4.63. The number of hydrogen-bond acceptors (Lipinski definition) is 3. The van der Waals surface area contributed by atoms with Gasteiger partial charge in [0.2, 0.25) is 0 Å². The summed E-state index contributed by atoms with van der Waals surface area (Å²) in [6.45, 7) is 1.24. The monoisotopic (exact) mass is 264 g/mol. The second-order valence-electron chi connectivity index (χ2n) is 3.46. The summed E-state index contributed by atoms with van der Waals surface area (Å²) >= 11 is 0. The molecule has 0 aromatic carbocycles. The van der Waals surface area contributed by atoms with Crippen molar-refractivity contribution in [1.29, 1.82) is 0 Å². The van der Waals surface area contributed by atoms with Crippen LogP contribution in [0.1, 0.15) is 11.6 Å². The lowest BCUT2D eigenvalue weighted by Crippen LogP contribution is -2.21. The van der Waals surface area contributed by atoms with Crippen LogP contribution in [0.2, 0.25) is 0 Å². The lowest BCUT2D eigenvalue weighted by molar-refractivity contribution is -0.141. The van der Waals surface area contributed by atoms with Gasteiger partial charge in [0.05, 0.1) is 5.92 Å². The molecular formula is C10H14Cl2N2O2. The molecule has 2 atom stereocenters. The Morgan fingerprint density at radius 2 is 2.12 bits per heavy atom. The van der Waals surface area contributed by atoms with Gasteiger partial charge in [-0.1, -0.05) is 6.07 Å². The van der Waals surface area contributed by atoms with Crippen molar-refractivity contribution in [3.05, 3.63) is 30.1 Å². The number of pyridine rings is 1. The number of nitrogens with zero attached hydrogens (tertiary/aromatic N) is 1. The average molecular weight is 265 g/mol. The van der Waals surface area contributed by atoms with E-state index in [-0.39, 0.29) is 36.6 Å². The molecule has 0 amide bonds. The molecule has 1 saturated heterocycles. The number of carboxylic acid groups (broad SMARTS) is 1. The summed E-state index contributed by atoms with van der Waals surface area (Å²) in [4.78, 5) is 15.1. The Morgan fingerprint density at radius 3 is 2.69 bits per heavy atom. The van der Waals surface area contributed by atoms with Gasteiger partial charge in [0.15, 0.2) is 0 Å². The summed E-state index contributed by atoms with van der Waals surface area (Å²) in [6.07, 6.45) is 1.70. The SMILES string of the molecule is Cl.Cl.O=C(O)[C@@H]1CNC[C@H]1c1ccccn1. The summed E-state index contributed by atoms with van der Waals surface area (Å²) in [6, 6.07) is 5.61. The number of carboxylic acids is 1. The molecule has 1 aromatic heterocycles. The number of nitrogens with one attached hydrogen (secondary N) is 1. The number of rotatable bonds is 2. The smallest absolute Gasteiger partial charge is 0.308 e. The highest BCUT2D eigenvalue weighted by atomic mass is 35.5. The van der Waals surface area contributed by atoms with Crippen LogP contribution in [0, 0.1) is 5.92 Å². The molecule has 4 nitrogen and oxygen atoms in total. The molecule has 1 aliphatic rings. The van der Waals surface area contributed by atoms with Gasteiger partial charge in [0.1, 0.15) is 0 Å². The van der Waals surface area contributed by atoms with E-state index in [0.29, 0.717) is 13.1 Å². The minimum atomic E-state index is -0.745. The maximum absolute atomic E-state index is 10.9. The van der Waals surface area contributed by atoms with Crippen molar-refractivity contribution < 1.29 is 9.90 Å². The fourth-order valence-electron chi connectivity index (χ4n) is 1.84. The molecule has 0 radical (unpaired) electrons. The lowest BCUT2D eigenvalue weighted by atomic mass is 9.93. The van der Waals surface area contributed by atoms with E-state index >= 15 is 0 Å². The van der Waals surface area contributed by atoms with Crippen LogP contribution in [0.5, 0.6) is 0 Å². The predicted octanol–water partition coefficient (Wildman–Crippen LogP) is 1.31. The molecule has 0 saturated carbocycles. The first kappa shape index (κ1) is 15.2. The highest BCUT2D eigenvalue weighted by Crippen LogP contribution is 2.26. The lowest BCUT2D eigenvalue weighted by Gasteiger charge is -2.13. The molecule has 0 bridgehead atoms. The van der Waals surface area contributed by atoms with Crippen LogP contribution in [0.3, 0.4) is 0 Å². The summed E-state index contributed by atoms with van der Waals surface area (Å²) < 4.78 is 0. The third-order valence-corrected chi connectivity index (χ3v) is 2.60. The Hall–Kier alpha value is -0.840. The van der Waals surface area contributed by atoms with Crippen molar-refractivity contribution in [2.24, 2.45) is 5.92 Å². The van der Waals surface area contributed by atoms with Crippen molar-refractivity contribution in [1.82, 2.24) is 10.3 Å². The zero-order chi connectivity index (χ0) is 9.97. The van der Waals surface area contributed by atoms with E-state index in [2.05, 4.69) is 10.3 Å². The van der Waals surface area contributed by atoms with Crippen LogP contribution in [0.25, 0.3) is 0 Å². The molecule has 1 aliphatic heterocycles. The van der Waals surface area contributed by atoms with Gasteiger partial charge in [-0.15, -0.1) is 24.8 Å². The van der Waals surface area contributed by atoms with E-state index in [9.17, 15) is 4.79 Å². The van der Waals surface area contributed by atoms with E-state index in [1.165, 1.54) is 0 Å². The van der Waals surface area contributed by atoms with Gasteiger partial charge < -0.3 is 10.4 Å². The van der Waals surface area contributed by atoms with Gasteiger partial charge in [-0.25, -0.2) is 0 Å². The van der Waals surface area contributed by atoms with E-state index in [1.54, 1.807) is 6.20 Å². The summed E-state index contributed by atoms with van der Waals surface area (Å²) in [5, 5.41) is 12.1. The number of aliphatic carboxylic acids is 1. The zero-order valence-corrected chi connectivity index (χ0v) is 10.1. The minimum Gasteiger partial charge on any atom is -0.481 e. The van der Waals surface area contributed by atoms with Crippen LogP contribution < -0.4 is 5.32 Å². The molecule has 0 aliphatic carbocycles. The van der Waals surface area contributed by atoms with Gasteiger partial charge >= 0.3 is 5.97 Å². The fraction of sp³-hybridized carbons (Fsp3) is 0.400. The average Bonchev–Trinajstić information content (AvgIpc) is 2.67. The summed E-state index contributed by atoms with van der Waals surface area (Å²) in [5.74, 6) is -1.08. The molecule has 90 valence electrons. The van der Waals surface area contributed by atoms with E-state index in [4.69, 9.17) is 5.11 Å². The van der Waals surface area contributed by atoms with Gasteiger partial charge in [0.25, 0.3) is 0 Å². The molecule has 2 rings (SSSR count). The highest BCUT2D eigenvalue weighted by molar-refractivity contribution is 5.85. The molecular weight excluding hydrogens is 251 g/mol. The maximum atomic E-state index is 10.9. The van der Waals surface area contributed by atoms with E-state index in [1.807, 2.05) is 18.2 Å². The van der Waals surface area contributed by atoms with Crippen molar-refractivity contribution >= 4 is 30.8 Å². The Morgan fingerprint density at radius 1 is 1.38 bits per heavy atom. The van der Waals surface area contributed by atoms with Crippen LogP contribution in [-0.2, 0) is 4.79 Å². The summed E-state index contributed by atoms with van der Waals surface area (Å²) in [5.41, 5.74) is 0.866. The number of aromatic nitrogens is 1.